The quantitative estimate of drug-likeness (QED) is 0.768. The van der Waals surface area contributed by atoms with Crippen LogP contribution in [0.5, 0.6) is 5.75 Å². The Morgan fingerprint density at radius 3 is 2.13 bits per heavy atom. The summed E-state index contributed by atoms with van der Waals surface area (Å²) in [6, 6.07) is 11.7. The summed E-state index contributed by atoms with van der Waals surface area (Å²) < 4.78 is 71.2. The van der Waals surface area contributed by atoms with Gasteiger partial charge in [0.15, 0.2) is 5.60 Å². The number of nitrogens with zero attached hydrogens (tertiary/aromatic N) is 2. The molecule has 1 aliphatic rings. The van der Waals surface area contributed by atoms with Crippen LogP contribution in [0.4, 0.5) is 18.9 Å². The fraction of sp³-hybridized carbons (Fsp3) is 0.400. The number of ether oxygens (including phenoxy) is 1. The van der Waals surface area contributed by atoms with Gasteiger partial charge >= 0.3 is 6.18 Å². The molecule has 0 spiro atoms. The highest BCUT2D eigenvalue weighted by atomic mass is 32.2. The maximum Gasteiger partial charge on any atom is 0.421 e. The first-order valence-corrected chi connectivity index (χ1v) is 10.7. The predicted molar refractivity (Wildman–Crippen MR) is 106 cm³/mol. The van der Waals surface area contributed by atoms with Crippen molar-refractivity contribution in [1.82, 2.24) is 4.31 Å². The van der Waals surface area contributed by atoms with Crippen molar-refractivity contribution in [2.24, 2.45) is 0 Å². The maximum absolute atomic E-state index is 13.0. The number of anilines is 1. The average molecular weight is 444 g/mol. The third kappa shape index (κ3) is 4.26. The summed E-state index contributed by atoms with van der Waals surface area (Å²) in [4.78, 5) is 2.04. The van der Waals surface area contributed by atoms with Crippen molar-refractivity contribution in [2.75, 3.05) is 38.2 Å². The molecule has 2 aromatic carbocycles. The zero-order valence-corrected chi connectivity index (χ0v) is 17.4. The Morgan fingerprint density at radius 1 is 1.00 bits per heavy atom. The van der Waals surface area contributed by atoms with Crippen LogP contribution in [0.25, 0.3) is 0 Å². The molecule has 1 saturated heterocycles. The van der Waals surface area contributed by atoms with E-state index in [0.717, 1.165) is 0 Å². The van der Waals surface area contributed by atoms with Crippen molar-refractivity contribution in [3.8, 4) is 5.75 Å². The van der Waals surface area contributed by atoms with Gasteiger partial charge in [-0.1, -0.05) is 18.2 Å². The first-order valence-electron chi connectivity index (χ1n) is 9.25. The number of aliphatic hydroxyl groups is 1. The van der Waals surface area contributed by atoms with Crippen LogP contribution in [-0.2, 0) is 15.6 Å². The normalized spacial score (nSPS) is 18.1. The van der Waals surface area contributed by atoms with E-state index < -0.39 is 21.8 Å². The zero-order chi connectivity index (χ0) is 22.2. The minimum Gasteiger partial charge on any atom is -0.497 e. The molecule has 0 saturated carbocycles. The third-order valence-corrected chi connectivity index (χ3v) is 7.16. The van der Waals surface area contributed by atoms with Gasteiger partial charge in [0.2, 0.25) is 10.0 Å². The molecule has 0 amide bonds. The Labute approximate surface area is 173 Å². The monoisotopic (exact) mass is 444 g/mol. The van der Waals surface area contributed by atoms with E-state index in [2.05, 4.69) is 0 Å². The molecule has 0 aliphatic carbocycles. The lowest BCUT2D eigenvalue weighted by Gasteiger charge is -2.35. The van der Waals surface area contributed by atoms with E-state index in [1.165, 1.54) is 47.8 Å². The van der Waals surface area contributed by atoms with Gasteiger partial charge < -0.3 is 14.7 Å². The van der Waals surface area contributed by atoms with Crippen molar-refractivity contribution in [1.29, 1.82) is 0 Å². The average Bonchev–Trinajstić information content (AvgIpc) is 2.73. The number of piperazine rings is 1. The summed E-state index contributed by atoms with van der Waals surface area (Å²) >= 11 is 0. The molecule has 1 N–H and O–H groups in total. The van der Waals surface area contributed by atoms with E-state index in [4.69, 9.17) is 4.74 Å². The van der Waals surface area contributed by atoms with Crippen molar-refractivity contribution < 1.29 is 31.4 Å². The van der Waals surface area contributed by atoms with Gasteiger partial charge in [-0.15, -0.1) is 0 Å². The lowest BCUT2D eigenvalue weighted by molar-refractivity contribution is -0.258. The van der Waals surface area contributed by atoms with Gasteiger partial charge in [0.05, 0.1) is 12.0 Å². The van der Waals surface area contributed by atoms with E-state index in [0.29, 0.717) is 31.5 Å². The number of hydrogen-bond acceptors (Lipinski definition) is 5. The first kappa shape index (κ1) is 22.4. The zero-order valence-electron chi connectivity index (χ0n) is 16.6. The molecule has 0 bridgehead atoms. The van der Waals surface area contributed by atoms with Gasteiger partial charge in [-0.25, -0.2) is 8.42 Å². The molecule has 0 aromatic heterocycles. The second-order valence-electron chi connectivity index (χ2n) is 7.19. The second kappa shape index (κ2) is 8.09. The van der Waals surface area contributed by atoms with Gasteiger partial charge in [0.1, 0.15) is 5.75 Å². The van der Waals surface area contributed by atoms with E-state index in [1.807, 2.05) is 4.90 Å². The first-order chi connectivity index (χ1) is 14.0. The topological polar surface area (TPSA) is 70.1 Å². The Hall–Kier alpha value is -2.30. The van der Waals surface area contributed by atoms with Gasteiger partial charge in [-0.3, -0.25) is 0 Å². The molecule has 0 radical (unpaired) electrons. The molecular weight excluding hydrogens is 421 g/mol. The summed E-state index contributed by atoms with van der Waals surface area (Å²) in [7, 11) is -2.21. The van der Waals surface area contributed by atoms with Gasteiger partial charge in [-0.2, -0.15) is 17.5 Å². The maximum atomic E-state index is 13.0. The van der Waals surface area contributed by atoms with Crippen LogP contribution in [0.15, 0.2) is 53.4 Å². The van der Waals surface area contributed by atoms with Crippen molar-refractivity contribution in [2.45, 2.75) is 23.6 Å². The van der Waals surface area contributed by atoms with E-state index in [-0.39, 0.29) is 23.5 Å². The number of sulfonamides is 1. The van der Waals surface area contributed by atoms with E-state index in [1.54, 1.807) is 12.1 Å². The Balaban J connectivity index is 1.70. The fourth-order valence-corrected chi connectivity index (χ4v) is 4.72. The Bertz CT molecular complexity index is 984. The van der Waals surface area contributed by atoms with E-state index >= 15 is 0 Å². The number of benzene rings is 2. The second-order valence-corrected chi connectivity index (χ2v) is 9.12. The highest BCUT2D eigenvalue weighted by molar-refractivity contribution is 7.89. The number of methoxy groups -OCH3 is 1. The summed E-state index contributed by atoms with van der Waals surface area (Å²) in [6.07, 6.45) is -4.78. The molecule has 6 nitrogen and oxygen atoms in total. The molecule has 1 heterocycles. The van der Waals surface area contributed by atoms with Gasteiger partial charge in [0, 0.05) is 37.9 Å². The molecule has 30 heavy (non-hydrogen) atoms. The van der Waals surface area contributed by atoms with Crippen molar-refractivity contribution in [3.63, 3.8) is 0 Å². The third-order valence-electron chi connectivity index (χ3n) is 5.26. The van der Waals surface area contributed by atoms with Crippen LogP contribution in [0.1, 0.15) is 12.5 Å². The van der Waals surface area contributed by atoms with Crippen molar-refractivity contribution >= 4 is 15.7 Å². The molecule has 2 aromatic rings. The van der Waals surface area contributed by atoms with Crippen molar-refractivity contribution in [3.05, 3.63) is 54.1 Å². The molecule has 1 unspecified atom stereocenters. The number of alkyl halides is 3. The predicted octanol–water partition coefficient (Wildman–Crippen LogP) is 2.98. The smallest absolute Gasteiger partial charge is 0.421 e. The minimum absolute atomic E-state index is 0.147. The summed E-state index contributed by atoms with van der Waals surface area (Å²) in [5.41, 5.74) is -2.53. The fourth-order valence-electron chi connectivity index (χ4n) is 3.26. The van der Waals surface area contributed by atoms with Crippen LogP contribution in [0, 0.1) is 0 Å². The van der Waals surface area contributed by atoms with Crippen LogP contribution < -0.4 is 9.64 Å². The van der Waals surface area contributed by atoms with Crippen LogP contribution >= 0.6 is 0 Å². The Morgan fingerprint density at radius 2 is 1.60 bits per heavy atom. The molecule has 164 valence electrons. The Kier molecular flexibility index (Phi) is 6.03. The summed E-state index contributed by atoms with van der Waals surface area (Å²) in [5.74, 6) is 0.449. The summed E-state index contributed by atoms with van der Waals surface area (Å²) in [5, 5.41) is 9.77. The van der Waals surface area contributed by atoms with Crippen LogP contribution in [0.2, 0.25) is 0 Å². The lowest BCUT2D eigenvalue weighted by Crippen LogP contribution is -2.48. The van der Waals surface area contributed by atoms with Gasteiger partial charge in [-0.05, 0) is 36.8 Å². The largest absolute Gasteiger partial charge is 0.497 e. The molecule has 1 atom stereocenters. The minimum atomic E-state index is -4.78. The SMILES string of the molecule is COc1cccc(S(=O)(=O)N2CCN(c3ccc(C(C)(O)C(F)(F)F)cc3)CC2)c1. The van der Waals surface area contributed by atoms with Crippen LogP contribution in [-0.4, -0.2) is 57.3 Å². The highest BCUT2D eigenvalue weighted by Crippen LogP contribution is 2.39. The van der Waals surface area contributed by atoms with E-state index in [9.17, 15) is 26.7 Å². The standard InChI is InChI=1S/C20H23F3N2O4S/c1-19(26,20(21,22)23)15-6-8-16(9-7-15)24-10-12-25(13-11-24)30(27,28)18-5-3-4-17(14-18)29-2/h3-9,14,26H,10-13H2,1-2H3. The van der Waals surface area contributed by atoms with Gasteiger partial charge in [0.25, 0.3) is 0 Å². The summed E-state index contributed by atoms with van der Waals surface area (Å²) in [6.45, 7) is 1.96. The molecule has 10 heteroatoms. The molecule has 3 rings (SSSR count). The highest BCUT2D eigenvalue weighted by Gasteiger charge is 2.51. The molecule has 1 aliphatic heterocycles. The number of rotatable bonds is 5. The number of halogens is 3. The molecular formula is C20H23F3N2O4S. The molecule has 1 fully saturated rings. The number of hydrogen-bond donors (Lipinski definition) is 1. The lowest BCUT2D eigenvalue weighted by atomic mass is 9.95. The van der Waals surface area contributed by atoms with Crippen LogP contribution in [0.3, 0.4) is 0 Å².